The Labute approximate surface area is 78.0 Å². The first-order valence-corrected chi connectivity index (χ1v) is 4.25. The molecule has 0 fully saturated rings. The molecule has 1 rings (SSSR count). The lowest BCUT2D eigenvalue weighted by Gasteiger charge is -2.27. The summed E-state index contributed by atoms with van der Waals surface area (Å²) in [5.74, 6) is 0. The third-order valence-corrected chi connectivity index (χ3v) is 1.92. The maximum atomic E-state index is 9.02. The molecular weight excluding hydrogens is 166 g/mol. The molecule has 3 heteroatoms. The molecule has 0 saturated heterocycles. The first-order chi connectivity index (χ1) is 6.20. The van der Waals surface area contributed by atoms with E-state index in [9.17, 15) is 0 Å². The number of hydrogen-bond donors (Lipinski definition) is 3. The molecule has 0 amide bonds. The van der Waals surface area contributed by atoms with Crippen molar-refractivity contribution >= 4 is 5.69 Å². The van der Waals surface area contributed by atoms with Crippen LogP contribution in [-0.2, 0) is 0 Å². The van der Waals surface area contributed by atoms with Crippen molar-refractivity contribution in [2.24, 2.45) is 0 Å². The molecule has 0 aliphatic rings. The molecule has 0 radical (unpaired) electrons. The predicted octanol–water partition coefficient (Wildman–Crippen LogP) is 0.842. The molecule has 0 spiro atoms. The highest BCUT2D eigenvalue weighted by atomic mass is 16.3. The second-order valence-corrected chi connectivity index (χ2v) is 3.37. The minimum absolute atomic E-state index is 0.0988. The van der Waals surface area contributed by atoms with E-state index in [1.54, 1.807) is 6.92 Å². The maximum Gasteiger partial charge on any atom is 0.0806 e. The van der Waals surface area contributed by atoms with Crippen LogP contribution in [0.1, 0.15) is 6.92 Å². The van der Waals surface area contributed by atoms with Gasteiger partial charge >= 0.3 is 0 Å². The van der Waals surface area contributed by atoms with Crippen LogP contribution in [0.4, 0.5) is 5.69 Å². The van der Waals surface area contributed by atoms with Crippen LogP contribution in [0.25, 0.3) is 0 Å². The summed E-state index contributed by atoms with van der Waals surface area (Å²) in [7, 11) is 0. The van der Waals surface area contributed by atoms with Gasteiger partial charge in [0.15, 0.2) is 0 Å². The van der Waals surface area contributed by atoms with Crippen molar-refractivity contribution in [3.05, 3.63) is 30.3 Å². The van der Waals surface area contributed by atoms with Gasteiger partial charge in [0.1, 0.15) is 0 Å². The van der Waals surface area contributed by atoms with Crippen LogP contribution in [0, 0.1) is 0 Å². The van der Waals surface area contributed by atoms with Gasteiger partial charge in [-0.3, -0.25) is 0 Å². The summed E-state index contributed by atoms with van der Waals surface area (Å²) in [6.45, 7) is 1.57. The van der Waals surface area contributed by atoms with E-state index < -0.39 is 5.54 Å². The quantitative estimate of drug-likeness (QED) is 0.645. The number of aliphatic hydroxyl groups is 2. The van der Waals surface area contributed by atoms with E-state index in [2.05, 4.69) is 5.32 Å². The summed E-state index contributed by atoms with van der Waals surface area (Å²) in [5.41, 5.74) is 0.245. The molecule has 1 aromatic carbocycles. The van der Waals surface area contributed by atoms with Gasteiger partial charge in [-0.05, 0) is 19.1 Å². The van der Waals surface area contributed by atoms with Crippen LogP contribution in [0.5, 0.6) is 0 Å². The fraction of sp³-hybridized carbons (Fsp3) is 0.400. The molecule has 3 N–H and O–H groups in total. The number of para-hydroxylation sites is 1. The minimum atomic E-state index is -0.651. The molecule has 72 valence electrons. The number of anilines is 1. The normalized spacial score (nSPS) is 11.3. The molecule has 0 aliphatic heterocycles. The van der Waals surface area contributed by atoms with Gasteiger partial charge in [0.2, 0.25) is 0 Å². The highest BCUT2D eigenvalue weighted by Crippen LogP contribution is 2.13. The maximum absolute atomic E-state index is 9.02. The molecule has 0 atom stereocenters. The highest BCUT2D eigenvalue weighted by Gasteiger charge is 2.21. The lowest BCUT2D eigenvalue weighted by molar-refractivity contribution is 0.147. The van der Waals surface area contributed by atoms with Crippen molar-refractivity contribution in [1.29, 1.82) is 0 Å². The average Bonchev–Trinajstić information content (AvgIpc) is 2.19. The third-order valence-electron chi connectivity index (χ3n) is 1.92. The Morgan fingerprint density at radius 3 is 2.15 bits per heavy atom. The van der Waals surface area contributed by atoms with Crippen LogP contribution in [0.3, 0.4) is 0 Å². The standard InChI is InChI=1S/C10H15NO2/c1-10(7-12,8-13)11-9-5-3-2-4-6-9/h2-6,11-13H,7-8H2,1H3. The summed E-state index contributed by atoms with van der Waals surface area (Å²) in [6, 6.07) is 9.50. The zero-order valence-electron chi connectivity index (χ0n) is 7.70. The predicted molar refractivity (Wildman–Crippen MR) is 52.6 cm³/mol. The molecular formula is C10H15NO2. The van der Waals surface area contributed by atoms with Gasteiger partial charge in [-0.15, -0.1) is 0 Å². The Morgan fingerprint density at radius 2 is 1.69 bits per heavy atom. The van der Waals surface area contributed by atoms with Gasteiger partial charge < -0.3 is 15.5 Å². The lowest BCUT2D eigenvalue weighted by Crippen LogP contribution is -2.42. The topological polar surface area (TPSA) is 52.5 Å². The number of rotatable bonds is 4. The van der Waals surface area contributed by atoms with Crippen molar-refractivity contribution in [3.63, 3.8) is 0 Å². The molecule has 13 heavy (non-hydrogen) atoms. The van der Waals surface area contributed by atoms with Gasteiger partial charge in [0.25, 0.3) is 0 Å². The summed E-state index contributed by atoms with van der Waals surface area (Å²) < 4.78 is 0. The lowest BCUT2D eigenvalue weighted by atomic mass is 10.1. The van der Waals surface area contributed by atoms with Crippen LogP contribution >= 0.6 is 0 Å². The third kappa shape index (κ3) is 2.72. The minimum Gasteiger partial charge on any atom is -0.394 e. The number of benzene rings is 1. The first kappa shape index (κ1) is 10.0. The molecule has 0 bridgehead atoms. The fourth-order valence-corrected chi connectivity index (χ4v) is 0.999. The Bertz CT molecular complexity index is 244. The summed E-state index contributed by atoms with van der Waals surface area (Å²) in [5, 5.41) is 21.1. The Hall–Kier alpha value is -1.06. The van der Waals surface area contributed by atoms with Gasteiger partial charge in [-0.1, -0.05) is 18.2 Å². The monoisotopic (exact) mass is 181 g/mol. The smallest absolute Gasteiger partial charge is 0.0806 e. The van der Waals surface area contributed by atoms with Gasteiger partial charge in [-0.25, -0.2) is 0 Å². The van der Waals surface area contributed by atoms with Crippen molar-refractivity contribution in [1.82, 2.24) is 0 Å². The first-order valence-electron chi connectivity index (χ1n) is 4.25. The van der Waals surface area contributed by atoms with E-state index in [-0.39, 0.29) is 13.2 Å². The van der Waals surface area contributed by atoms with Crippen LogP contribution in [0.15, 0.2) is 30.3 Å². The van der Waals surface area contributed by atoms with Crippen LogP contribution in [0.2, 0.25) is 0 Å². The SMILES string of the molecule is CC(CO)(CO)Nc1ccccc1. The molecule has 3 nitrogen and oxygen atoms in total. The van der Waals surface area contributed by atoms with Crippen molar-refractivity contribution in [3.8, 4) is 0 Å². The van der Waals surface area contributed by atoms with Crippen molar-refractivity contribution < 1.29 is 10.2 Å². The highest BCUT2D eigenvalue weighted by molar-refractivity contribution is 5.45. The van der Waals surface area contributed by atoms with Crippen LogP contribution in [-0.4, -0.2) is 29.0 Å². The van der Waals surface area contributed by atoms with Gasteiger partial charge in [0, 0.05) is 5.69 Å². The molecule has 1 aromatic rings. The van der Waals surface area contributed by atoms with Gasteiger partial charge in [0.05, 0.1) is 18.8 Å². The molecule has 0 aliphatic carbocycles. The van der Waals surface area contributed by atoms with E-state index in [4.69, 9.17) is 10.2 Å². The summed E-state index contributed by atoms with van der Waals surface area (Å²) in [6.07, 6.45) is 0. The Morgan fingerprint density at radius 1 is 1.15 bits per heavy atom. The second kappa shape index (κ2) is 4.25. The van der Waals surface area contributed by atoms with Gasteiger partial charge in [-0.2, -0.15) is 0 Å². The van der Waals surface area contributed by atoms with Crippen LogP contribution < -0.4 is 5.32 Å². The Kier molecular flexibility index (Phi) is 3.28. The number of hydrogen-bond acceptors (Lipinski definition) is 3. The summed E-state index contributed by atoms with van der Waals surface area (Å²) in [4.78, 5) is 0. The van der Waals surface area contributed by atoms with Crippen molar-refractivity contribution in [2.75, 3.05) is 18.5 Å². The number of aliphatic hydroxyl groups excluding tert-OH is 2. The zero-order valence-corrected chi connectivity index (χ0v) is 7.70. The molecule has 0 aromatic heterocycles. The molecule has 0 unspecified atom stereocenters. The van der Waals surface area contributed by atoms with E-state index in [1.165, 1.54) is 0 Å². The van der Waals surface area contributed by atoms with E-state index in [1.807, 2.05) is 30.3 Å². The zero-order chi connectivity index (χ0) is 9.73. The Balaban J connectivity index is 2.68. The number of nitrogens with one attached hydrogen (secondary N) is 1. The average molecular weight is 181 g/mol. The largest absolute Gasteiger partial charge is 0.394 e. The fourth-order valence-electron chi connectivity index (χ4n) is 0.999. The van der Waals surface area contributed by atoms with E-state index in [0.717, 1.165) is 5.69 Å². The van der Waals surface area contributed by atoms with E-state index in [0.29, 0.717) is 0 Å². The summed E-state index contributed by atoms with van der Waals surface area (Å²) >= 11 is 0. The molecule has 0 saturated carbocycles. The van der Waals surface area contributed by atoms with E-state index >= 15 is 0 Å². The molecule has 0 heterocycles. The van der Waals surface area contributed by atoms with Crippen molar-refractivity contribution in [2.45, 2.75) is 12.5 Å². The second-order valence-electron chi connectivity index (χ2n) is 3.37.